The first kappa shape index (κ1) is 18.8. The smallest absolute Gasteiger partial charge is 0.270 e. The molecule has 0 unspecified atom stereocenters. The Morgan fingerprint density at radius 1 is 1.24 bits per heavy atom. The van der Waals surface area contributed by atoms with E-state index in [1.807, 2.05) is 14.1 Å². The van der Waals surface area contributed by atoms with Gasteiger partial charge >= 0.3 is 0 Å². The second-order valence-electron chi connectivity index (χ2n) is 6.08. The number of aryl methyl sites for hydroxylation is 1. The van der Waals surface area contributed by atoms with Crippen LogP contribution in [-0.2, 0) is 6.54 Å². The summed E-state index contributed by atoms with van der Waals surface area (Å²) in [5.41, 5.74) is 1.39. The van der Waals surface area contributed by atoms with Crippen LogP contribution in [0.15, 0.2) is 30.3 Å². The highest BCUT2D eigenvalue weighted by atomic mass is 19.1. The van der Waals surface area contributed by atoms with Gasteiger partial charge in [-0.3, -0.25) is 4.79 Å². The summed E-state index contributed by atoms with van der Waals surface area (Å²) >= 11 is 0. The number of benzene rings is 1. The maximum absolute atomic E-state index is 13.6. The van der Waals surface area contributed by atoms with Gasteiger partial charge in [-0.25, -0.2) is 14.4 Å². The van der Waals surface area contributed by atoms with Gasteiger partial charge in [0.25, 0.3) is 5.91 Å². The van der Waals surface area contributed by atoms with Crippen LogP contribution in [0.2, 0.25) is 0 Å². The van der Waals surface area contributed by atoms with E-state index in [2.05, 4.69) is 25.5 Å². The summed E-state index contributed by atoms with van der Waals surface area (Å²) in [6.07, 6.45) is 0.944. The highest BCUT2D eigenvalue weighted by Crippen LogP contribution is 2.08. The van der Waals surface area contributed by atoms with E-state index in [9.17, 15) is 9.18 Å². The number of hydrogen-bond acceptors (Lipinski definition) is 5. The van der Waals surface area contributed by atoms with Crippen LogP contribution in [0.5, 0.6) is 0 Å². The first-order chi connectivity index (χ1) is 12.0. The van der Waals surface area contributed by atoms with Crippen LogP contribution in [0.4, 0.5) is 10.3 Å². The number of aromatic nitrogens is 2. The number of rotatable bonds is 8. The Balaban J connectivity index is 1.96. The van der Waals surface area contributed by atoms with Crippen molar-refractivity contribution in [1.29, 1.82) is 0 Å². The van der Waals surface area contributed by atoms with Gasteiger partial charge < -0.3 is 15.5 Å². The van der Waals surface area contributed by atoms with Gasteiger partial charge in [-0.2, -0.15) is 0 Å². The number of hydrogen-bond donors (Lipinski definition) is 2. The maximum Gasteiger partial charge on any atom is 0.270 e. The minimum absolute atomic E-state index is 0.111. The molecule has 0 fully saturated rings. The second-order valence-corrected chi connectivity index (χ2v) is 6.08. The summed E-state index contributed by atoms with van der Waals surface area (Å²) in [5, 5.41) is 5.82. The molecule has 1 heterocycles. The number of carbonyl (C=O) groups excluding carboxylic acids is 1. The molecule has 0 spiro atoms. The van der Waals surface area contributed by atoms with Crippen molar-refractivity contribution in [2.24, 2.45) is 0 Å². The van der Waals surface area contributed by atoms with Crippen molar-refractivity contribution in [2.75, 3.05) is 32.5 Å². The highest BCUT2D eigenvalue weighted by Gasteiger charge is 2.11. The first-order valence-electron chi connectivity index (χ1n) is 8.21. The fraction of sp³-hybridized carbons (Fsp3) is 0.389. The number of halogens is 1. The molecule has 0 saturated heterocycles. The number of amides is 1. The van der Waals surface area contributed by atoms with E-state index in [4.69, 9.17) is 0 Å². The van der Waals surface area contributed by atoms with E-state index in [-0.39, 0.29) is 24.0 Å². The molecule has 2 N–H and O–H groups in total. The third kappa shape index (κ3) is 6.11. The Kier molecular flexibility index (Phi) is 6.82. The van der Waals surface area contributed by atoms with Crippen LogP contribution in [-0.4, -0.2) is 48.0 Å². The summed E-state index contributed by atoms with van der Waals surface area (Å²) in [4.78, 5) is 22.9. The molecule has 1 aromatic heterocycles. The third-order valence-electron chi connectivity index (χ3n) is 3.55. The van der Waals surface area contributed by atoms with Crippen LogP contribution in [0.1, 0.15) is 28.2 Å². The lowest BCUT2D eigenvalue weighted by Crippen LogP contribution is -2.25. The Morgan fingerprint density at radius 3 is 2.72 bits per heavy atom. The molecule has 6 nitrogen and oxygen atoms in total. The van der Waals surface area contributed by atoms with Crippen LogP contribution >= 0.6 is 0 Å². The summed E-state index contributed by atoms with van der Waals surface area (Å²) in [6, 6.07) is 7.96. The van der Waals surface area contributed by atoms with Crippen molar-refractivity contribution in [3.8, 4) is 0 Å². The Hall–Kier alpha value is -2.54. The predicted molar refractivity (Wildman–Crippen MR) is 96.0 cm³/mol. The molecular weight excluding hydrogens is 321 g/mol. The molecule has 1 amide bonds. The molecule has 0 aliphatic heterocycles. The maximum atomic E-state index is 13.6. The molecule has 0 bridgehead atoms. The average Bonchev–Trinajstić information content (AvgIpc) is 2.57. The molecule has 0 aliphatic carbocycles. The van der Waals surface area contributed by atoms with E-state index < -0.39 is 0 Å². The van der Waals surface area contributed by atoms with Crippen molar-refractivity contribution in [1.82, 2.24) is 20.2 Å². The minimum atomic E-state index is -0.356. The van der Waals surface area contributed by atoms with Gasteiger partial charge in [-0.1, -0.05) is 18.2 Å². The number of carbonyl (C=O) groups is 1. The van der Waals surface area contributed by atoms with Gasteiger partial charge in [0.1, 0.15) is 11.5 Å². The van der Waals surface area contributed by atoms with Gasteiger partial charge in [-0.15, -0.1) is 0 Å². The fourth-order valence-corrected chi connectivity index (χ4v) is 2.27. The van der Waals surface area contributed by atoms with E-state index in [0.717, 1.165) is 19.5 Å². The van der Waals surface area contributed by atoms with Crippen LogP contribution < -0.4 is 10.6 Å². The molecule has 0 saturated carbocycles. The summed E-state index contributed by atoms with van der Waals surface area (Å²) < 4.78 is 13.6. The summed E-state index contributed by atoms with van der Waals surface area (Å²) in [7, 11) is 4.03. The normalized spacial score (nSPS) is 10.8. The van der Waals surface area contributed by atoms with Gasteiger partial charge in [0.2, 0.25) is 5.95 Å². The molecule has 0 radical (unpaired) electrons. The SMILES string of the molecule is Cc1cc(C(=O)NCc2ccccc2F)nc(NCCCN(C)C)n1. The van der Waals surface area contributed by atoms with E-state index >= 15 is 0 Å². The van der Waals surface area contributed by atoms with E-state index in [1.165, 1.54) is 6.07 Å². The highest BCUT2D eigenvalue weighted by molar-refractivity contribution is 5.92. The Bertz CT molecular complexity index is 720. The van der Waals surface area contributed by atoms with Gasteiger partial charge in [0.05, 0.1) is 0 Å². The third-order valence-corrected chi connectivity index (χ3v) is 3.55. The van der Waals surface area contributed by atoms with E-state index in [0.29, 0.717) is 17.2 Å². The lowest BCUT2D eigenvalue weighted by Gasteiger charge is -2.11. The predicted octanol–water partition coefficient (Wildman–Crippen LogP) is 2.22. The monoisotopic (exact) mass is 345 g/mol. The van der Waals surface area contributed by atoms with Crippen LogP contribution in [0, 0.1) is 12.7 Å². The fourth-order valence-electron chi connectivity index (χ4n) is 2.27. The Labute approximate surface area is 147 Å². The van der Waals surface area contributed by atoms with Crippen molar-refractivity contribution in [2.45, 2.75) is 19.9 Å². The first-order valence-corrected chi connectivity index (χ1v) is 8.21. The van der Waals surface area contributed by atoms with Crippen molar-refractivity contribution < 1.29 is 9.18 Å². The molecule has 134 valence electrons. The van der Waals surface area contributed by atoms with Crippen molar-refractivity contribution >= 4 is 11.9 Å². The average molecular weight is 345 g/mol. The molecule has 25 heavy (non-hydrogen) atoms. The number of anilines is 1. The van der Waals surface area contributed by atoms with Crippen LogP contribution in [0.25, 0.3) is 0 Å². The zero-order valence-electron chi connectivity index (χ0n) is 14.8. The lowest BCUT2D eigenvalue weighted by atomic mass is 10.2. The van der Waals surface area contributed by atoms with Gasteiger partial charge in [0.15, 0.2) is 0 Å². The zero-order valence-corrected chi connectivity index (χ0v) is 14.8. The molecule has 0 atom stereocenters. The molecule has 0 aliphatic rings. The minimum Gasteiger partial charge on any atom is -0.354 e. The lowest BCUT2D eigenvalue weighted by molar-refractivity contribution is 0.0945. The zero-order chi connectivity index (χ0) is 18.2. The standard InChI is InChI=1S/C18H24FN5O/c1-13-11-16(23-18(22-13)20-9-6-10-24(2)3)17(25)21-12-14-7-4-5-8-15(14)19/h4-5,7-8,11H,6,9-10,12H2,1-3H3,(H,21,25)(H,20,22,23). The topological polar surface area (TPSA) is 70.2 Å². The largest absolute Gasteiger partial charge is 0.354 e. The van der Waals surface area contributed by atoms with Gasteiger partial charge in [-0.05, 0) is 46.1 Å². The van der Waals surface area contributed by atoms with Crippen molar-refractivity contribution in [3.05, 3.63) is 53.1 Å². The quantitative estimate of drug-likeness (QED) is 0.718. The molecule has 2 aromatic rings. The van der Waals surface area contributed by atoms with Crippen LogP contribution in [0.3, 0.4) is 0 Å². The van der Waals surface area contributed by atoms with Gasteiger partial charge in [0, 0.05) is 24.3 Å². The number of nitrogens with zero attached hydrogens (tertiary/aromatic N) is 3. The van der Waals surface area contributed by atoms with E-state index in [1.54, 1.807) is 31.2 Å². The summed E-state index contributed by atoms with van der Waals surface area (Å²) in [6.45, 7) is 3.59. The molecular formula is C18H24FN5O. The second kappa shape index (κ2) is 9.08. The summed E-state index contributed by atoms with van der Waals surface area (Å²) in [5.74, 6) is -0.273. The molecule has 7 heteroatoms. The van der Waals surface area contributed by atoms with Crippen molar-refractivity contribution in [3.63, 3.8) is 0 Å². The molecule has 1 aromatic carbocycles. The number of nitrogens with one attached hydrogen (secondary N) is 2. The molecule has 2 rings (SSSR count). The Morgan fingerprint density at radius 2 is 2.00 bits per heavy atom.